The lowest BCUT2D eigenvalue weighted by Crippen LogP contribution is -2.47. The van der Waals surface area contributed by atoms with Gasteiger partial charge in [0.15, 0.2) is 11.5 Å². The first kappa shape index (κ1) is 34.7. The second-order valence-corrected chi connectivity index (χ2v) is 15.4. The molecule has 0 spiro atoms. The van der Waals surface area contributed by atoms with Crippen LogP contribution in [0.3, 0.4) is 0 Å². The maximum Gasteiger partial charge on any atom is 0.245 e. The Kier molecular flexibility index (Phi) is 7.80. The predicted octanol–water partition coefficient (Wildman–Crippen LogP) is 4.05. The van der Waals surface area contributed by atoms with Crippen molar-refractivity contribution in [2.24, 2.45) is 0 Å². The largest absolute Gasteiger partial charge is 0.378 e. The van der Waals surface area contributed by atoms with E-state index in [1.165, 1.54) is 28.9 Å². The van der Waals surface area contributed by atoms with Crippen molar-refractivity contribution in [2.75, 3.05) is 55.5 Å². The fourth-order valence-corrected chi connectivity index (χ4v) is 9.00. The molecule has 8 heterocycles. The van der Waals surface area contributed by atoms with E-state index in [9.17, 15) is 9.18 Å². The van der Waals surface area contributed by atoms with E-state index in [1.54, 1.807) is 25.3 Å². The first-order chi connectivity index (χ1) is 27.0. The molecule has 4 aliphatic heterocycles. The van der Waals surface area contributed by atoms with E-state index in [2.05, 4.69) is 32.5 Å². The summed E-state index contributed by atoms with van der Waals surface area (Å²) < 4.78 is 53.8. The number of hydrogen-bond acceptors (Lipinski definition) is 11. The van der Waals surface area contributed by atoms with Crippen LogP contribution in [0.15, 0.2) is 54.7 Å². The van der Waals surface area contributed by atoms with Crippen LogP contribution in [-0.2, 0) is 16.1 Å². The van der Waals surface area contributed by atoms with Crippen molar-refractivity contribution >= 4 is 45.6 Å². The number of imidazole rings is 1. The fourth-order valence-electron chi connectivity index (χ4n) is 9.00. The summed E-state index contributed by atoms with van der Waals surface area (Å²) in [5, 5.41) is 12.0. The zero-order chi connectivity index (χ0) is 38.6. The number of fused-ring (bicyclic) bond motifs is 7. The molecule has 2 N–H and O–H groups in total. The van der Waals surface area contributed by atoms with E-state index in [0.717, 1.165) is 24.7 Å². The first-order valence-electron chi connectivity index (χ1n) is 18.7. The van der Waals surface area contributed by atoms with Gasteiger partial charge in [0.1, 0.15) is 40.8 Å². The van der Waals surface area contributed by atoms with Gasteiger partial charge in [-0.05, 0) is 50.6 Å². The van der Waals surface area contributed by atoms with Crippen molar-refractivity contribution in [2.45, 2.75) is 56.6 Å². The molecule has 4 aliphatic rings. The number of methoxy groups -OCH3 is 1. The molecule has 17 heteroatoms. The molecule has 2 aromatic carbocycles. The SMILES string of the molecule is CO[C@H]1CN(C)C(=O)[C@@H]2C[C@@H](CN2c2nc(N3C4CNC[C@]43C)nc3c2cnn3-c2ccc(F)cc2F)Nc2cccc(n2)-c2cc(F)cc3nc(C)n(c23)C1. The summed E-state index contributed by atoms with van der Waals surface area (Å²) >= 11 is 0. The Morgan fingerprint density at radius 2 is 1.84 bits per heavy atom. The molecule has 288 valence electrons. The van der Waals surface area contributed by atoms with Crippen molar-refractivity contribution in [1.29, 1.82) is 0 Å². The number of aromatic nitrogens is 7. The minimum atomic E-state index is -0.788. The monoisotopic (exact) mass is 764 g/mol. The van der Waals surface area contributed by atoms with E-state index < -0.39 is 29.6 Å². The first-order valence-corrected chi connectivity index (χ1v) is 18.7. The summed E-state index contributed by atoms with van der Waals surface area (Å²) in [5.41, 5.74) is 2.56. The number of rotatable bonds is 4. The summed E-state index contributed by atoms with van der Waals surface area (Å²) in [5.74, 6) is 0.0889. The predicted molar refractivity (Wildman–Crippen MR) is 203 cm³/mol. The van der Waals surface area contributed by atoms with E-state index in [4.69, 9.17) is 19.7 Å². The number of piperazine rings is 1. The Morgan fingerprint density at radius 1 is 0.982 bits per heavy atom. The number of pyridine rings is 1. The number of carbonyl (C=O) groups excluding carboxylic acids is 1. The van der Waals surface area contributed by atoms with Crippen LogP contribution in [0.4, 0.5) is 30.8 Å². The summed E-state index contributed by atoms with van der Waals surface area (Å²) in [6.07, 6.45) is 1.53. The Labute approximate surface area is 319 Å². The number of benzene rings is 2. The third-order valence-electron chi connectivity index (χ3n) is 11.9. The zero-order valence-corrected chi connectivity index (χ0v) is 31.2. The fraction of sp³-hybridized carbons (Fsp3) is 0.385. The van der Waals surface area contributed by atoms with Crippen molar-refractivity contribution < 1.29 is 22.7 Å². The lowest BCUT2D eigenvalue weighted by atomic mass is 10.1. The zero-order valence-electron chi connectivity index (χ0n) is 31.2. The van der Waals surface area contributed by atoms with Crippen molar-refractivity contribution in [3.05, 3.63) is 78.0 Å². The Balaban J connectivity index is 1.11. The van der Waals surface area contributed by atoms with Crippen LogP contribution in [0.25, 0.3) is 39.0 Å². The molecule has 5 atom stereocenters. The van der Waals surface area contributed by atoms with Crippen LogP contribution >= 0.6 is 0 Å². The van der Waals surface area contributed by atoms with Gasteiger partial charge in [0.25, 0.3) is 0 Å². The highest BCUT2D eigenvalue weighted by molar-refractivity contribution is 5.94. The highest BCUT2D eigenvalue weighted by Gasteiger charge is 2.63. The number of nitrogens with zero attached hydrogens (tertiary/aromatic N) is 10. The van der Waals surface area contributed by atoms with Gasteiger partial charge >= 0.3 is 0 Å². The van der Waals surface area contributed by atoms with Crippen molar-refractivity contribution in [3.63, 3.8) is 0 Å². The third-order valence-corrected chi connectivity index (χ3v) is 11.9. The molecule has 56 heavy (non-hydrogen) atoms. The lowest BCUT2D eigenvalue weighted by Gasteiger charge is -2.31. The quantitative estimate of drug-likeness (QED) is 0.252. The molecule has 0 saturated carbocycles. The molecule has 0 radical (unpaired) electrons. The summed E-state index contributed by atoms with van der Waals surface area (Å²) in [7, 11) is 3.37. The van der Waals surface area contributed by atoms with Gasteiger partial charge in [-0.3, -0.25) is 4.79 Å². The number of anilines is 3. The molecule has 1 unspecified atom stereocenters. The van der Waals surface area contributed by atoms with E-state index >= 15 is 8.78 Å². The molecule has 14 nitrogen and oxygen atoms in total. The van der Waals surface area contributed by atoms with Gasteiger partial charge in [-0.2, -0.15) is 15.1 Å². The van der Waals surface area contributed by atoms with Crippen LogP contribution in [0, 0.1) is 24.4 Å². The van der Waals surface area contributed by atoms with Crippen LogP contribution in [0.5, 0.6) is 0 Å². The van der Waals surface area contributed by atoms with Crippen LogP contribution in [0.1, 0.15) is 19.2 Å². The van der Waals surface area contributed by atoms with Gasteiger partial charge in [0.05, 0.1) is 52.5 Å². The second kappa shape index (κ2) is 12.6. The number of halogens is 3. The van der Waals surface area contributed by atoms with Crippen LogP contribution in [-0.4, -0.2) is 115 Å². The molecule has 3 saturated heterocycles. The topological polar surface area (TPSA) is 134 Å². The Bertz CT molecular complexity index is 2580. The number of ether oxygens (including phenoxy) is 1. The minimum Gasteiger partial charge on any atom is -0.378 e. The Hall–Kier alpha value is -5.81. The molecule has 4 bridgehead atoms. The maximum atomic E-state index is 15.3. The van der Waals surface area contributed by atoms with Crippen LogP contribution in [0.2, 0.25) is 0 Å². The van der Waals surface area contributed by atoms with Gasteiger partial charge in [0.2, 0.25) is 11.9 Å². The van der Waals surface area contributed by atoms with Gasteiger partial charge in [-0.25, -0.2) is 27.8 Å². The number of likely N-dealkylation sites (N-methyl/N-ethyl adjacent to an activating group) is 1. The highest BCUT2D eigenvalue weighted by Crippen LogP contribution is 2.47. The average molecular weight is 765 g/mol. The summed E-state index contributed by atoms with van der Waals surface area (Å²) in [6.45, 7) is 6.47. The van der Waals surface area contributed by atoms with Gasteiger partial charge < -0.3 is 34.6 Å². The van der Waals surface area contributed by atoms with E-state index in [0.29, 0.717) is 70.7 Å². The smallest absolute Gasteiger partial charge is 0.245 e. The average Bonchev–Trinajstić information content (AvgIpc) is 3.73. The van der Waals surface area contributed by atoms with E-state index in [-0.39, 0.29) is 35.8 Å². The van der Waals surface area contributed by atoms with Crippen molar-refractivity contribution in [1.82, 2.24) is 44.5 Å². The highest BCUT2D eigenvalue weighted by atomic mass is 19.1. The van der Waals surface area contributed by atoms with Gasteiger partial charge in [-0.15, -0.1) is 0 Å². The number of aryl methyl sites for hydroxylation is 1. The number of carbonyl (C=O) groups is 1. The molecule has 1 amide bonds. The number of amides is 1. The van der Waals surface area contributed by atoms with E-state index in [1.807, 2.05) is 34.6 Å². The second-order valence-electron chi connectivity index (χ2n) is 15.4. The molecular weight excluding hydrogens is 726 g/mol. The molecule has 0 aliphatic carbocycles. The van der Waals surface area contributed by atoms with Gasteiger partial charge in [-0.1, -0.05) is 6.07 Å². The summed E-state index contributed by atoms with van der Waals surface area (Å²) in [6, 6.07) is 11.0. The number of hydrogen-bond donors (Lipinski definition) is 2. The molecule has 6 aromatic rings. The number of nitrogens with one attached hydrogen (secondary N) is 2. The molecule has 10 rings (SSSR count). The minimum absolute atomic E-state index is 0.0362. The van der Waals surface area contributed by atoms with Crippen molar-refractivity contribution in [3.8, 4) is 16.9 Å². The standard InChI is InChI=1S/C39H39F3N12O2/c1-20-45-29-12-22(41)10-25-28-6-5-7-33(47-28)46-23-13-31(37(55)50(3)17-24(56-4)18-51(20)34(25)29)52(16-23)35-26-14-44-54(30-9-8-21(40)11-27(30)42)36(26)49-38(48-35)53-32-15-43-19-39(32,53)2/h5-12,14,23-24,31-32,43H,13,15-19H2,1-4H3,(H,46,47)/t23-,24-,31-,32?,39+,53?/m0/s1. The Morgan fingerprint density at radius 3 is 2.62 bits per heavy atom. The summed E-state index contributed by atoms with van der Waals surface area (Å²) in [4.78, 5) is 40.3. The normalized spacial score (nSPS) is 24.8. The molecule has 3 fully saturated rings. The maximum absolute atomic E-state index is 15.3. The van der Waals surface area contributed by atoms with Crippen LogP contribution < -0.4 is 20.4 Å². The van der Waals surface area contributed by atoms with Gasteiger partial charge in [0, 0.05) is 64.1 Å². The lowest BCUT2D eigenvalue weighted by molar-refractivity contribution is -0.132. The molecular formula is C39H39F3N12O2. The molecule has 4 aromatic heterocycles. The third kappa shape index (κ3) is 5.38.